The van der Waals surface area contributed by atoms with Crippen molar-refractivity contribution in [1.29, 1.82) is 0 Å². The van der Waals surface area contributed by atoms with Gasteiger partial charge in [0.05, 0.1) is 10.6 Å². The van der Waals surface area contributed by atoms with Gasteiger partial charge in [0.25, 0.3) is 5.91 Å². The number of aliphatic hydroxyl groups is 1. The van der Waals surface area contributed by atoms with Crippen molar-refractivity contribution in [3.05, 3.63) is 69.6 Å². The van der Waals surface area contributed by atoms with E-state index < -0.39 is 0 Å². The standard InChI is InChI=1S/C17H12BrClN2O3/c18-11-5-10(7-20-8-11)17(23)21-12-1-3-15(19)14(6-12)16-4-2-13(9-22)24-16/h1-8,22H,9H2,(H,21,23). The van der Waals surface area contributed by atoms with Gasteiger partial charge in [-0.15, -0.1) is 0 Å². The molecule has 0 saturated carbocycles. The molecule has 7 heteroatoms. The van der Waals surface area contributed by atoms with Crippen LogP contribution in [-0.2, 0) is 6.61 Å². The third-order valence-corrected chi connectivity index (χ3v) is 4.04. The second kappa shape index (κ2) is 7.17. The Morgan fingerprint density at radius 1 is 1.25 bits per heavy atom. The van der Waals surface area contributed by atoms with E-state index in [1.165, 1.54) is 6.20 Å². The highest BCUT2D eigenvalue weighted by Gasteiger charge is 2.12. The number of aliphatic hydroxyl groups excluding tert-OH is 1. The first-order valence-electron chi connectivity index (χ1n) is 6.98. The summed E-state index contributed by atoms with van der Waals surface area (Å²) in [5.41, 5.74) is 1.63. The first-order chi connectivity index (χ1) is 11.6. The summed E-state index contributed by atoms with van der Waals surface area (Å²) < 4.78 is 6.22. The number of amides is 1. The number of pyridine rings is 1. The molecule has 0 spiro atoms. The van der Waals surface area contributed by atoms with Crippen molar-refractivity contribution in [2.45, 2.75) is 6.61 Å². The lowest BCUT2D eigenvalue weighted by Crippen LogP contribution is -2.12. The molecule has 0 bridgehead atoms. The van der Waals surface area contributed by atoms with Crippen LogP contribution < -0.4 is 5.32 Å². The third-order valence-electron chi connectivity index (χ3n) is 3.27. The quantitative estimate of drug-likeness (QED) is 0.667. The summed E-state index contributed by atoms with van der Waals surface area (Å²) in [4.78, 5) is 16.3. The van der Waals surface area contributed by atoms with Crippen molar-refractivity contribution in [2.24, 2.45) is 0 Å². The fraction of sp³-hybridized carbons (Fsp3) is 0.0588. The number of nitrogens with zero attached hydrogens (tertiary/aromatic N) is 1. The van der Waals surface area contributed by atoms with Crippen molar-refractivity contribution >= 4 is 39.1 Å². The lowest BCUT2D eigenvalue weighted by atomic mass is 10.1. The van der Waals surface area contributed by atoms with Gasteiger partial charge in [-0.2, -0.15) is 0 Å². The number of halogens is 2. The molecule has 3 rings (SSSR count). The number of benzene rings is 1. The molecule has 0 fully saturated rings. The monoisotopic (exact) mass is 406 g/mol. The molecule has 0 radical (unpaired) electrons. The maximum Gasteiger partial charge on any atom is 0.257 e. The predicted octanol–water partition coefficient (Wildman–Crippen LogP) is 4.50. The highest BCUT2D eigenvalue weighted by molar-refractivity contribution is 9.10. The molecule has 2 N–H and O–H groups in total. The van der Waals surface area contributed by atoms with Crippen LogP contribution in [0.3, 0.4) is 0 Å². The molecule has 0 aliphatic carbocycles. The number of aromatic nitrogens is 1. The van der Waals surface area contributed by atoms with E-state index in [0.717, 1.165) is 4.47 Å². The smallest absolute Gasteiger partial charge is 0.257 e. The van der Waals surface area contributed by atoms with Crippen LogP contribution in [0.1, 0.15) is 16.1 Å². The van der Waals surface area contributed by atoms with E-state index in [4.69, 9.17) is 21.1 Å². The van der Waals surface area contributed by atoms with E-state index >= 15 is 0 Å². The topological polar surface area (TPSA) is 75.4 Å². The minimum Gasteiger partial charge on any atom is -0.459 e. The van der Waals surface area contributed by atoms with Gasteiger partial charge in [0, 0.05) is 28.1 Å². The Hall–Kier alpha value is -2.15. The average molecular weight is 408 g/mol. The fourth-order valence-electron chi connectivity index (χ4n) is 2.14. The van der Waals surface area contributed by atoms with Crippen molar-refractivity contribution in [3.8, 4) is 11.3 Å². The van der Waals surface area contributed by atoms with Gasteiger partial charge in [0.15, 0.2) is 0 Å². The second-order valence-electron chi connectivity index (χ2n) is 4.96. The van der Waals surface area contributed by atoms with Gasteiger partial charge in [-0.05, 0) is 52.3 Å². The molecule has 1 amide bonds. The Morgan fingerprint density at radius 2 is 2.08 bits per heavy atom. The molecule has 2 heterocycles. The van der Waals surface area contributed by atoms with E-state index in [1.807, 2.05) is 0 Å². The molecule has 122 valence electrons. The number of hydrogen-bond donors (Lipinski definition) is 2. The van der Waals surface area contributed by atoms with Gasteiger partial charge >= 0.3 is 0 Å². The number of hydrogen-bond acceptors (Lipinski definition) is 4. The Labute approximate surface area is 151 Å². The zero-order valence-corrected chi connectivity index (χ0v) is 14.6. The van der Waals surface area contributed by atoms with Crippen LogP contribution in [0.5, 0.6) is 0 Å². The number of rotatable bonds is 4. The average Bonchev–Trinajstić information content (AvgIpc) is 3.05. The highest BCUT2D eigenvalue weighted by atomic mass is 79.9. The summed E-state index contributed by atoms with van der Waals surface area (Å²) in [7, 11) is 0. The van der Waals surface area contributed by atoms with Gasteiger partial charge in [0.2, 0.25) is 0 Å². The lowest BCUT2D eigenvalue weighted by molar-refractivity contribution is 0.102. The Bertz CT molecular complexity index is 895. The largest absolute Gasteiger partial charge is 0.459 e. The molecule has 5 nitrogen and oxygen atoms in total. The van der Waals surface area contributed by atoms with E-state index in [-0.39, 0.29) is 12.5 Å². The summed E-state index contributed by atoms with van der Waals surface area (Å²) in [6, 6.07) is 10.2. The van der Waals surface area contributed by atoms with E-state index in [0.29, 0.717) is 33.4 Å². The van der Waals surface area contributed by atoms with Crippen molar-refractivity contribution in [1.82, 2.24) is 4.98 Å². The van der Waals surface area contributed by atoms with Gasteiger partial charge in [0.1, 0.15) is 18.1 Å². The molecule has 1 aromatic carbocycles. The maximum atomic E-state index is 12.3. The van der Waals surface area contributed by atoms with Gasteiger partial charge < -0.3 is 14.8 Å². The molecule has 24 heavy (non-hydrogen) atoms. The number of carbonyl (C=O) groups excluding carboxylic acids is 1. The number of anilines is 1. The lowest BCUT2D eigenvalue weighted by Gasteiger charge is -2.08. The van der Waals surface area contributed by atoms with Crippen LogP contribution >= 0.6 is 27.5 Å². The maximum absolute atomic E-state index is 12.3. The van der Waals surface area contributed by atoms with Gasteiger partial charge in [-0.25, -0.2) is 0 Å². The van der Waals surface area contributed by atoms with Crippen LogP contribution in [-0.4, -0.2) is 16.0 Å². The van der Waals surface area contributed by atoms with Crippen molar-refractivity contribution < 1.29 is 14.3 Å². The molecular weight excluding hydrogens is 396 g/mol. The number of nitrogens with one attached hydrogen (secondary N) is 1. The summed E-state index contributed by atoms with van der Waals surface area (Å²) >= 11 is 9.49. The Balaban J connectivity index is 1.87. The van der Waals surface area contributed by atoms with E-state index in [2.05, 4.69) is 26.2 Å². The molecule has 3 aromatic rings. The SMILES string of the molecule is O=C(Nc1ccc(Cl)c(-c2ccc(CO)o2)c1)c1cncc(Br)c1. The summed E-state index contributed by atoms with van der Waals surface area (Å²) in [5.74, 6) is 0.674. The fourth-order valence-corrected chi connectivity index (χ4v) is 2.71. The second-order valence-corrected chi connectivity index (χ2v) is 6.29. The van der Waals surface area contributed by atoms with Crippen molar-refractivity contribution in [3.63, 3.8) is 0 Å². The number of furan rings is 1. The van der Waals surface area contributed by atoms with Crippen LogP contribution in [0.4, 0.5) is 5.69 Å². The van der Waals surface area contributed by atoms with E-state index in [1.54, 1.807) is 42.6 Å². The minimum absolute atomic E-state index is 0.191. The van der Waals surface area contributed by atoms with Gasteiger partial charge in [-0.1, -0.05) is 11.6 Å². The Kier molecular flexibility index (Phi) is 4.99. The summed E-state index contributed by atoms with van der Waals surface area (Å²) in [6.07, 6.45) is 3.09. The molecule has 0 aliphatic heterocycles. The minimum atomic E-state index is -0.285. The molecule has 0 aliphatic rings. The van der Waals surface area contributed by atoms with Crippen LogP contribution in [0.15, 0.2) is 57.7 Å². The zero-order chi connectivity index (χ0) is 17.1. The first-order valence-corrected chi connectivity index (χ1v) is 8.15. The molecule has 0 unspecified atom stereocenters. The molecular formula is C17H12BrClN2O3. The summed E-state index contributed by atoms with van der Waals surface area (Å²) in [6.45, 7) is -0.191. The summed E-state index contributed by atoms with van der Waals surface area (Å²) in [5, 5.41) is 12.4. The molecule has 2 aromatic heterocycles. The molecule has 0 saturated heterocycles. The normalized spacial score (nSPS) is 10.6. The predicted molar refractivity (Wildman–Crippen MR) is 95.0 cm³/mol. The first kappa shape index (κ1) is 16.7. The zero-order valence-electron chi connectivity index (χ0n) is 12.3. The Morgan fingerprint density at radius 3 is 2.79 bits per heavy atom. The highest BCUT2D eigenvalue weighted by Crippen LogP contribution is 2.32. The van der Waals surface area contributed by atoms with Crippen molar-refractivity contribution in [2.75, 3.05) is 5.32 Å². The van der Waals surface area contributed by atoms with Crippen LogP contribution in [0.25, 0.3) is 11.3 Å². The number of carbonyl (C=O) groups is 1. The van der Waals surface area contributed by atoms with Crippen LogP contribution in [0, 0.1) is 0 Å². The van der Waals surface area contributed by atoms with E-state index in [9.17, 15) is 4.79 Å². The third kappa shape index (κ3) is 3.67. The van der Waals surface area contributed by atoms with Gasteiger partial charge in [-0.3, -0.25) is 9.78 Å². The van der Waals surface area contributed by atoms with Crippen LogP contribution in [0.2, 0.25) is 5.02 Å². The molecule has 0 atom stereocenters.